The van der Waals surface area contributed by atoms with E-state index in [2.05, 4.69) is 53.1 Å². The molecular weight excluding hydrogens is 473 g/mol. The minimum absolute atomic E-state index is 0.625. The van der Waals surface area contributed by atoms with Crippen LogP contribution >= 0.6 is 59.4 Å². The minimum Gasteiger partial charge on any atom is -0.495 e. The molecule has 0 aliphatic rings. The lowest BCUT2D eigenvalue weighted by molar-refractivity contribution is 0.407. The van der Waals surface area contributed by atoms with Gasteiger partial charge in [0.05, 0.1) is 17.3 Å². The number of nitrogens with one attached hydrogen (secondary N) is 1. The van der Waals surface area contributed by atoms with Gasteiger partial charge >= 0.3 is 0 Å². The van der Waals surface area contributed by atoms with Crippen LogP contribution in [-0.2, 0) is 6.54 Å². The van der Waals surface area contributed by atoms with Gasteiger partial charge in [-0.25, -0.2) is 0 Å². The van der Waals surface area contributed by atoms with E-state index in [9.17, 15) is 0 Å². The first-order chi connectivity index (χ1) is 9.51. The highest BCUT2D eigenvalue weighted by atomic mass is 79.9. The second-order valence-corrected chi connectivity index (χ2v) is 7.12. The Kier molecular flexibility index (Phi) is 5.78. The van der Waals surface area contributed by atoms with Crippen LogP contribution in [-0.4, -0.2) is 7.11 Å². The number of hydrogen-bond acceptors (Lipinski definition) is 2. The topological polar surface area (TPSA) is 21.3 Å². The summed E-state index contributed by atoms with van der Waals surface area (Å²) in [4.78, 5) is 0. The summed E-state index contributed by atoms with van der Waals surface area (Å²) >= 11 is 16.5. The molecule has 2 nitrogen and oxygen atoms in total. The monoisotopic (exact) mass is 481 g/mol. The summed E-state index contributed by atoms with van der Waals surface area (Å²) in [5, 5.41) is 4.04. The van der Waals surface area contributed by atoms with Gasteiger partial charge in [0.2, 0.25) is 0 Å². The van der Waals surface area contributed by atoms with Crippen LogP contribution in [0.15, 0.2) is 43.7 Å². The number of anilines is 1. The van der Waals surface area contributed by atoms with Crippen LogP contribution in [0.1, 0.15) is 5.56 Å². The van der Waals surface area contributed by atoms with Crippen molar-refractivity contribution in [2.24, 2.45) is 0 Å². The minimum atomic E-state index is 0.625. The Labute approximate surface area is 148 Å². The lowest BCUT2D eigenvalue weighted by atomic mass is 10.2. The molecule has 6 heteroatoms. The summed E-state index contributed by atoms with van der Waals surface area (Å²) in [6.07, 6.45) is 0. The van der Waals surface area contributed by atoms with E-state index in [1.54, 1.807) is 7.11 Å². The molecule has 1 N–H and O–H groups in total. The molecule has 2 aromatic carbocycles. The molecule has 0 aliphatic carbocycles. The van der Waals surface area contributed by atoms with Crippen LogP contribution in [0, 0.1) is 0 Å². The molecule has 106 valence electrons. The Morgan fingerprint density at radius 3 is 2.55 bits per heavy atom. The van der Waals surface area contributed by atoms with Crippen molar-refractivity contribution in [1.29, 1.82) is 0 Å². The molecular formula is C14H11Br3ClNO. The van der Waals surface area contributed by atoms with Gasteiger partial charge in [0, 0.05) is 26.1 Å². The van der Waals surface area contributed by atoms with Crippen molar-refractivity contribution in [3.05, 3.63) is 54.3 Å². The molecule has 0 bridgehead atoms. The zero-order valence-corrected chi connectivity index (χ0v) is 16.0. The predicted octanol–water partition coefficient (Wildman–Crippen LogP) is 6.25. The van der Waals surface area contributed by atoms with E-state index in [-0.39, 0.29) is 0 Å². The fourth-order valence-electron chi connectivity index (χ4n) is 1.80. The quantitative estimate of drug-likeness (QED) is 0.554. The summed E-state index contributed by atoms with van der Waals surface area (Å²) in [6.45, 7) is 0.625. The highest BCUT2D eigenvalue weighted by Gasteiger charge is 2.10. The Balaban J connectivity index is 2.24. The molecule has 20 heavy (non-hydrogen) atoms. The number of hydrogen-bond donors (Lipinski definition) is 1. The van der Waals surface area contributed by atoms with Crippen molar-refractivity contribution < 1.29 is 4.74 Å². The number of ether oxygens (including phenoxy) is 1. The number of rotatable bonds is 4. The normalized spacial score (nSPS) is 10.4. The van der Waals surface area contributed by atoms with E-state index in [1.807, 2.05) is 30.3 Å². The molecule has 2 rings (SSSR count). The average molecular weight is 484 g/mol. The van der Waals surface area contributed by atoms with Gasteiger partial charge in [-0.15, -0.1) is 0 Å². The molecule has 0 amide bonds. The Morgan fingerprint density at radius 2 is 1.85 bits per heavy atom. The van der Waals surface area contributed by atoms with Crippen molar-refractivity contribution >= 4 is 65.1 Å². The SMILES string of the molecule is COc1c(Br)cc(Br)cc1CNc1cc(Cl)ccc1Br. The largest absolute Gasteiger partial charge is 0.495 e. The first-order valence-corrected chi connectivity index (χ1v) is 8.48. The molecule has 0 aliphatic heterocycles. The molecule has 0 saturated heterocycles. The van der Waals surface area contributed by atoms with E-state index in [4.69, 9.17) is 16.3 Å². The van der Waals surface area contributed by atoms with Crippen molar-refractivity contribution in [3.8, 4) is 5.75 Å². The highest BCUT2D eigenvalue weighted by Crippen LogP contribution is 2.34. The summed E-state index contributed by atoms with van der Waals surface area (Å²) in [5.74, 6) is 0.818. The van der Waals surface area contributed by atoms with Gasteiger partial charge < -0.3 is 10.1 Å². The van der Waals surface area contributed by atoms with Gasteiger partial charge in [-0.05, 0) is 62.2 Å². The Bertz CT molecular complexity index is 634. The lowest BCUT2D eigenvalue weighted by Crippen LogP contribution is -2.03. The van der Waals surface area contributed by atoms with Gasteiger partial charge in [0.15, 0.2) is 0 Å². The Morgan fingerprint density at radius 1 is 1.10 bits per heavy atom. The van der Waals surface area contributed by atoms with E-state index < -0.39 is 0 Å². The van der Waals surface area contributed by atoms with Gasteiger partial charge in [0.1, 0.15) is 5.75 Å². The predicted molar refractivity (Wildman–Crippen MR) is 94.9 cm³/mol. The summed E-state index contributed by atoms with van der Waals surface area (Å²) < 4.78 is 8.30. The zero-order chi connectivity index (χ0) is 14.7. The van der Waals surface area contributed by atoms with Crippen LogP contribution in [0.3, 0.4) is 0 Å². The molecule has 0 radical (unpaired) electrons. The van der Waals surface area contributed by atoms with Crippen LogP contribution < -0.4 is 10.1 Å². The fourth-order valence-corrected chi connectivity index (χ4v) is 3.83. The maximum absolute atomic E-state index is 6.01. The maximum Gasteiger partial charge on any atom is 0.138 e. The molecule has 0 heterocycles. The van der Waals surface area contributed by atoms with Crippen molar-refractivity contribution in [1.82, 2.24) is 0 Å². The molecule has 0 unspecified atom stereocenters. The second-order valence-electron chi connectivity index (χ2n) is 4.06. The smallest absolute Gasteiger partial charge is 0.138 e. The van der Waals surface area contributed by atoms with Crippen LogP contribution in [0.25, 0.3) is 0 Å². The van der Waals surface area contributed by atoms with Gasteiger partial charge in [-0.3, -0.25) is 0 Å². The first-order valence-electron chi connectivity index (χ1n) is 5.72. The maximum atomic E-state index is 6.01. The van der Waals surface area contributed by atoms with E-state index in [0.29, 0.717) is 11.6 Å². The summed E-state index contributed by atoms with van der Waals surface area (Å²) in [7, 11) is 1.66. The Hall–Kier alpha value is -0.230. The van der Waals surface area contributed by atoms with E-state index in [1.165, 1.54) is 0 Å². The van der Waals surface area contributed by atoms with Crippen LogP contribution in [0.4, 0.5) is 5.69 Å². The van der Waals surface area contributed by atoms with Gasteiger partial charge in [-0.1, -0.05) is 27.5 Å². The zero-order valence-electron chi connectivity index (χ0n) is 10.5. The van der Waals surface area contributed by atoms with E-state index >= 15 is 0 Å². The standard InChI is InChI=1S/C14H11Br3ClNO/c1-20-14-8(4-9(15)5-12(14)17)7-19-13-6-10(18)2-3-11(13)16/h2-6,19H,7H2,1H3. The number of benzene rings is 2. The first kappa shape index (κ1) is 16.1. The molecule has 0 atom stereocenters. The molecule has 0 spiro atoms. The molecule has 0 fully saturated rings. The summed E-state index contributed by atoms with van der Waals surface area (Å²) in [6, 6.07) is 9.61. The summed E-state index contributed by atoms with van der Waals surface area (Å²) in [5.41, 5.74) is 1.98. The van der Waals surface area contributed by atoms with Gasteiger partial charge in [-0.2, -0.15) is 0 Å². The highest BCUT2D eigenvalue weighted by molar-refractivity contribution is 9.11. The molecule has 0 saturated carbocycles. The third-order valence-electron chi connectivity index (χ3n) is 2.69. The van der Waals surface area contributed by atoms with Crippen LogP contribution in [0.2, 0.25) is 5.02 Å². The molecule has 2 aromatic rings. The third-order valence-corrected chi connectivity index (χ3v) is 4.66. The van der Waals surface area contributed by atoms with E-state index in [0.717, 1.165) is 30.4 Å². The van der Waals surface area contributed by atoms with Crippen molar-refractivity contribution in [3.63, 3.8) is 0 Å². The van der Waals surface area contributed by atoms with Crippen LogP contribution in [0.5, 0.6) is 5.75 Å². The third kappa shape index (κ3) is 3.91. The average Bonchev–Trinajstić information content (AvgIpc) is 2.39. The van der Waals surface area contributed by atoms with Crippen molar-refractivity contribution in [2.75, 3.05) is 12.4 Å². The lowest BCUT2D eigenvalue weighted by Gasteiger charge is -2.14. The fraction of sp³-hybridized carbons (Fsp3) is 0.143. The van der Waals surface area contributed by atoms with Crippen molar-refractivity contribution in [2.45, 2.75) is 6.54 Å². The number of halogens is 4. The second kappa shape index (κ2) is 7.16. The molecule has 0 aromatic heterocycles. The van der Waals surface area contributed by atoms with Gasteiger partial charge in [0.25, 0.3) is 0 Å². The number of methoxy groups -OCH3 is 1.